The highest BCUT2D eigenvalue weighted by Gasteiger charge is 2.36. The molecule has 4 nitrogen and oxygen atoms in total. The minimum absolute atomic E-state index is 0.00565. The van der Waals surface area contributed by atoms with Crippen LogP contribution in [-0.4, -0.2) is 38.8 Å². The summed E-state index contributed by atoms with van der Waals surface area (Å²) in [6.07, 6.45) is -8.68. The summed E-state index contributed by atoms with van der Waals surface area (Å²) in [7, 11) is 4.17. The molecule has 1 saturated heterocycles. The van der Waals surface area contributed by atoms with E-state index < -0.39 is 35.6 Å². The van der Waals surface area contributed by atoms with Crippen LogP contribution in [0.15, 0.2) is 47.6 Å². The third kappa shape index (κ3) is 8.68. The van der Waals surface area contributed by atoms with Gasteiger partial charge in [-0.2, -0.15) is 31.2 Å². The average Bonchev–Trinajstić information content (AvgIpc) is 2.73. The monoisotopic (exact) mass is 494 g/mol. The first-order chi connectivity index (χ1) is 15.8. The number of halogens is 7. The summed E-state index contributed by atoms with van der Waals surface area (Å²) in [5.41, 5.74) is -2.14. The first kappa shape index (κ1) is 27.7. The van der Waals surface area contributed by atoms with Gasteiger partial charge in [0.25, 0.3) is 0 Å². The predicted molar refractivity (Wildman–Crippen MR) is 113 cm³/mol. The van der Waals surface area contributed by atoms with E-state index in [1.54, 1.807) is 0 Å². The third-order valence-electron chi connectivity index (χ3n) is 5.15. The molecule has 1 aliphatic heterocycles. The van der Waals surface area contributed by atoms with Crippen LogP contribution < -0.4 is 0 Å². The van der Waals surface area contributed by atoms with Crippen molar-refractivity contribution in [2.45, 2.75) is 31.2 Å². The molecular formula is C23H25F7N2O2. The lowest BCUT2D eigenvalue weighted by molar-refractivity contribution is -0.143. The molecule has 0 N–H and O–H groups in total. The van der Waals surface area contributed by atoms with E-state index in [-0.39, 0.29) is 11.9 Å². The molecule has 0 saturated carbocycles. The van der Waals surface area contributed by atoms with Crippen LogP contribution >= 0.6 is 0 Å². The molecule has 1 heterocycles. The summed E-state index contributed by atoms with van der Waals surface area (Å²) in [5, 5.41) is 2.27. The molecule has 0 radical (unpaired) electrons. The summed E-state index contributed by atoms with van der Waals surface area (Å²) in [6.45, 7) is 1.91. The lowest BCUT2D eigenvalue weighted by atomic mass is 9.87. The fourth-order valence-electron chi connectivity index (χ4n) is 3.71. The van der Waals surface area contributed by atoms with Gasteiger partial charge in [-0.15, -0.1) is 0 Å². The highest BCUT2D eigenvalue weighted by atomic mass is 19.4. The van der Waals surface area contributed by atoms with Crippen molar-refractivity contribution in [3.63, 3.8) is 0 Å². The predicted octanol–water partition coefficient (Wildman–Crippen LogP) is 6.50. The molecule has 2 aromatic carbocycles. The van der Waals surface area contributed by atoms with Crippen LogP contribution in [0.1, 0.15) is 34.6 Å². The summed E-state index contributed by atoms with van der Waals surface area (Å²) < 4.78 is 92.3. The molecule has 1 aliphatic rings. The second-order valence-corrected chi connectivity index (χ2v) is 8.35. The molecule has 34 heavy (non-hydrogen) atoms. The van der Waals surface area contributed by atoms with Gasteiger partial charge < -0.3 is 9.64 Å². The van der Waals surface area contributed by atoms with Gasteiger partial charge in [0, 0.05) is 12.5 Å². The van der Waals surface area contributed by atoms with Gasteiger partial charge >= 0.3 is 12.4 Å². The fraction of sp³-hybridized carbons (Fsp3) is 0.478. The highest BCUT2D eigenvalue weighted by Crippen LogP contribution is 2.36. The number of benzene rings is 2. The van der Waals surface area contributed by atoms with Crippen molar-refractivity contribution in [3.8, 4) is 0 Å². The van der Waals surface area contributed by atoms with E-state index in [2.05, 4.69) is 24.2 Å². The Bertz CT molecular complexity index is 896. The van der Waals surface area contributed by atoms with Crippen molar-refractivity contribution in [3.05, 3.63) is 75.4 Å². The van der Waals surface area contributed by atoms with Gasteiger partial charge in [0.1, 0.15) is 12.4 Å². The zero-order valence-corrected chi connectivity index (χ0v) is 18.6. The van der Waals surface area contributed by atoms with Crippen LogP contribution in [0.3, 0.4) is 0 Å². The summed E-state index contributed by atoms with van der Waals surface area (Å²) in [4.78, 5) is 12.1. The molecule has 188 valence electrons. The van der Waals surface area contributed by atoms with E-state index >= 15 is 0 Å². The second kappa shape index (κ2) is 11.7. The molecule has 0 aliphatic carbocycles. The molecule has 0 aromatic heterocycles. The minimum Gasteiger partial charge on any atom is -0.380 e. The van der Waals surface area contributed by atoms with Crippen LogP contribution in [-0.2, 0) is 23.6 Å². The molecule has 0 bridgehead atoms. The van der Waals surface area contributed by atoms with Crippen LogP contribution in [0.2, 0.25) is 0 Å². The van der Waals surface area contributed by atoms with Gasteiger partial charge in [-0.1, -0.05) is 17.3 Å². The molecule has 2 atom stereocenters. The van der Waals surface area contributed by atoms with E-state index in [0.717, 1.165) is 26.2 Å². The number of hydrogen-bond acceptors (Lipinski definition) is 4. The highest BCUT2D eigenvalue weighted by molar-refractivity contribution is 5.33. The Morgan fingerprint density at radius 3 is 1.97 bits per heavy atom. The maximum Gasteiger partial charge on any atom is 0.416 e. The molecular weight excluding hydrogens is 469 g/mol. The van der Waals surface area contributed by atoms with Crippen molar-refractivity contribution in [2.24, 2.45) is 11.1 Å². The Hall–Kier alpha value is -2.53. The van der Waals surface area contributed by atoms with Crippen molar-refractivity contribution in [1.82, 2.24) is 4.90 Å². The number of nitrogens with zero attached hydrogens (tertiary/aromatic N) is 2. The maximum atomic E-state index is 12.9. The summed E-state index contributed by atoms with van der Waals surface area (Å²) in [6, 6.07) is 7.75. The van der Waals surface area contributed by atoms with E-state index in [4.69, 9.17) is 4.74 Å². The van der Waals surface area contributed by atoms with Gasteiger partial charge in [-0.05, 0) is 67.9 Å². The SMILES string of the molecule is CN(C)C[C@@H]1COCC(c2ccc(F)cc2)C1.O=NCc1cc(C(F)(F)F)cc(C(F)(F)F)c1. The first-order valence-electron chi connectivity index (χ1n) is 10.3. The number of hydrogen-bond donors (Lipinski definition) is 0. The van der Waals surface area contributed by atoms with E-state index in [0.29, 0.717) is 24.0 Å². The van der Waals surface area contributed by atoms with E-state index in [1.807, 2.05) is 12.1 Å². The van der Waals surface area contributed by atoms with Crippen LogP contribution in [0.4, 0.5) is 30.7 Å². The molecule has 1 unspecified atom stereocenters. The lowest BCUT2D eigenvalue weighted by Crippen LogP contribution is -2.31. The Balaban J connectivity index is 0.000000240. The van der Waals surface area contributed by atoms with Crippen LogP contribution in [0.25, 0.3) is 0 Å². The van der Waals surface area contributed by atoms with Gasteiger partial charge in [-0.3, -0.25) is 0 Å². The fourth-order valence-corrected chi connectivity index (χ4v) is 3.71. The van der Waals surface area contributed by atoms with Crippen molar-refractivity contribution in [2.75, 3.05) is 33.9 Å². The quantitative estimate of drug-likeness (QED) is 0.352. The lowest BCUT2D eigenvalue weighted by Gasteiger charge is -2.31. The molecule has 11 heteroatoms. The smallest absolute Gasteiger partial charge is 0.380 e. The van der Waals surface area contributed by atoms with Crippen molar-refractivity contribution < 1.29 is 35.5 Å². The Morgan fingerprint density at radius 2 is 1.50 bits per heavy atom. The second-order valence-electron chi connectivity index (χ2n) is 8.35. The normalized spacial score (nSPS) is 18.9. The Kier molecular flexibility index (Phi) is 9.57. The number of ether oxygens (including phenoxy) is 1. The standard InChI is InChI=1S/C14H20FNO.C9H5F6NO/c1-16(2)8-11-7-13(10-17-9-11)12-3-5-14(15)6-4-12;10-8(11,12)6-1-5(4-16-17)2-7(3-6)9(13,14)15/h3-6,11,13H,7-10H2,1-2H3;1-3H,4H2/t11-,13?;/m1./s1. The number of alkyl halides is 6. The minimum atomic E-state index is -4.90. The van der Waals surface area contributed by atoms with Gasteiger partial charge in [-0.25, -0.2) is 4.39 Å². The van der Waals surface area contributed by atoms with Crippen LogP contribution in [0, 0.1) is 16.6 Å². The average molecular weight is 494 g/mol. The van der Waals surface area contributed by atoms with Crippen molar-refractivity contribution >= 4 is 0 Å². The molecule has 0 spiro atoms. The summed E-state index contributed by atoms with van der Waals surface area (Å²) in [5.74, 6) is 0.818. The molecule has 3 rings (SSSR count). The number of rotatable bonds is 5. The third-order valence-corrected chi connectivity index (χ3v) is 5.15. The first-order valence-corrected chi connectivity index (χ1v) is 10.3. The van der Waals surface area contributed by atoms with Crippen molar-refractivity contribution in [1.29, 1.82) is 0 Å². The molecule has 1 fully saturated rings. The van der Waals surface area contributed by atoms with E-state index in [9.17, 15) is 35.6 Å². The van der Waals surface area contributed by atoms with Gasteiger partial charge in [0.2, 0.25) is 0 Å². The Morgan fingerprint density at radius 1 is 0.941 bits per heavy atom. The van der Waals surface area contributed by atoms with E-state index in [1.165, 1.54) is 17.7 Å². The topological polar surface area (TPSA) is 41.9 Å². The largest absolute Gasteiger partial charge is 0.416 e. The van der Waals surface area contributed by atoms with Gasteiger partial charge in [0.05, 0.1) is 24.3 Å². The molecule has 0 amide bonds. The maximum absolute atomic E-state index is 12.9. The molecule has 2 aromatic rings. The summed E-state index contributed by atoms with van der Waals surface area (Å²) >= 11 is 0. The van der Waals surface area contributed by atoms with Gasteiger partial charge in [0.15, 0.2) is 0 Å². The van der Waals surface area contributed by atoms with Crippen LogP contribution in [0.5, 0.6) is 0 Å². The zero-order chi connectivity index (χ0) is 25.5. The Labute approximate surface area is 192 Å². The zero-order valence-electron chi connectivity index (χ0n) is 18.6. The number of nitroso groups, excluding NO2 is 1.